The summed E-state index contributed by atoms with van der Waals surface area (Å²) in [6.45, 7) is 0.571. The van der Waals surface area contributed by atoms with Crippen LogP contribution in [0, 0.1) is 0 Å². The molecule has 0 bridgehead atoms. The third-order valence-corrected chi connectivity index (χ3v) is 2.49. The van der Waals surface area contributed by atoms with E-state index in [9.17, 15) is 9.90 Å². The van der Waals surface area contributed by atoms with Crippen LogP contribution in [0.4, 0.5) is 0 Å². The van der Waals surface area contributed by atoms with Crippen molar-refractivity contribution in [1.29, 1.82) is 0 Å². The van der Waals surface area contributed by atoms with Crippen LogP contribution in [-0.2, 0) is 6.42 Å². The van der Waals surface area contributed by atoms with Gasteiger partial charge in [-0.3, -0.25) is 4.79 Å². The molecule has 0 aliphatic rings. The predicted octanol–water partition coefficient (Wildman–Crippen LogP) is 2.09. The number of benzene rings is 1. The van der Waals surface area contributed by atoms with Crippen molar-refractivity contribution in [2.75, 3.05) is 6.61 Å². The molecule has 2 N–H and O–H groups in total. The molecule has 4 nitrogen and oxygen atoms in total. The van der Waals surface area contributed by atoms with Crippen LogP contribution in [-0.4, -0.2) is 16.7 Å². The van der Waals surface area contributed by atoms with Crippen LogP contribution in [0.5, 0.6) is 11.5 Å². The summed E-state index contributed by atoms with van der Waals surface area (Å²) in [5.74, 6) is 0.833. The summed E-state index contributed by atoms with van der Waals surface area (Å²) in [7, 11) is 0. The maximum absolute atomic E-state index is 11.1. The minimum Gasteiger partial charge on any atom is -0.508 e. The molecule has 0 radical (unpaired) electrons. The summed E-state index contributed by atoms with van der Waals surface area (Å²) in [5, 5.41) is 9.28. The van der Waals surface area contributed by atoms with E-state index in [0.717, 1.165) is 23.9 Å². The monoisotopic (exact) mass is 245 g/mol. The molecule has 2 rings (SSSR count). The van der Waals surface area contributed by atoms with E-state index >= 15 is 0 Å². The molecule has 94 valence electrons. The van der Waals surface area contributed by atoms with Crippen LogP contribution in [0.2, 0.25) is 0 Å². The van der Waals surface area contributed by atoms with Crippen LogP contribution in [0.15, 0.2) is 47.3 Å². The second-order valence-corrected chi connectivity index (χ2v) is 3.99. The second kappa shape index (κ2) is 5.91. The highest BCUT2D eigenvalue weighted by atomic mass is 16.5. The lowest BCUT2D eigenvalue weighted by atomic mass is 10.2. The molecule has 1 heterocycles. The normalized spacial score (nSPS) is 10.2. The minimum atomic E-state index is -0.283. The van der Waals surface area contributed by atoms with Crippen LogP contribution in [0.25, 0.3) is 0 Å². The Balaban J connectivity index is 1.80. The Bertz CT molecular complexity index is 548. The average Bonchev–Trinajstić information content (AvgIpc) is 2.35. The van der Waals surface area contributed by atoms with Gasteiger partial charge in [-0.15, -0.1) is 0 Å². The summed E-state index contributed by atoms with van der Waals surface area (Å²) in [6, 6.07) is 12.3. The predicted molar refractivity (Wildman–Crippen MR) is 69.0 cm³/mol. The Labute approximate surface area is 105 Å². The van der Waals surface area contributed by atoms with Gasteiger partial charge in [-0.25, -0.2) is 0 Å². The quantitative estimate of drug-likeness (QED) is 0.793. The van der Waals surface area contributed by atoms with Gasteiger partial charge in [0, 0.05) is 11.8 Å². The zero-order chi connectivity index (χ0) is 12.8. The van der Waals surface area contributed by atoms with Crippen molar-refractivity contribution in [3.63, 3.8) is 0 Å². The number of ether oxygens (including phenoxy) is 1. The van der Waals surface area contributed by atoms with E-state index in [2.05, 4.69) is 4.98 Å². The molecule has 0 amide bonds. The molecule has 18 heavy (non-hydrogen) atoms. The van der Waals surface area contributed by atoms with E-state index in [0.29, 0.717) is 13.0 Å². The number of aromatic nitrogens is 1. The largest absolute Gasteiger partial charge is 0.508 e. The fourth-order valence-corrected chi connectivity index (χ4v) is 1.69. The number of rotatable bonds is 5. The topological polar surface area (TPSA) is 62.3 Å². The first-order valence-electron chi connectivity index (χ1n) is 5.84. The highest BCUT2D eigenvalue weighted by Gasteiger charge is 1.98. The zero-order valence-electron chi connectivity index (χ0n) is 9.93. The van der Waals surface area contributed by atoms with Gasteiger partial charge in [-0.05, 0) is 31.0 Å². The van der Waals surface area contributed by atoms with Crippen molar-refractivity contribution in [2.45, 2.75) is 12.8 Å². The number of hydrogen-bond donors (Lipinski definition) is 2. The van der Waals surface area contributed by atoms with E-state index < -0.39 is 0 Å². The maximum atomic E-state index is 11.1. The maximum Gasteiger partial charge on any atom is 0.251 e. The number of hydrogen-bond acceptors (Lipinski definition) is 3. The fourth-order valence-electron chi connectivity index (χ4n) is 1.69. The Morgan fingerprint density at radius 3 is 2.67 bits per heavy atom. The van der Waals surface area contributed by atoms with E-state index in [-0.39, 0.29) is 11.3 Å². The Morgan fingerprint density at radius 1 is 1.17 bits per heavy atom. The molecule has 4 heteroatoms. The number of para-hydroxylation sites is 1. The lowest BCUT2D eigenvalue weighted by Crippen LogP contribution is -2.08. The smallest absolute Gasteiger partial charge is 0.251 e. The average molecular weight is 245 g/mol. The van der Waals surface area contributed by atoms with Crippen molar-refractivity contribution in [2.24, 2.45) is 0 Å². The lowest BCUT2D eigenvalue weighted by Gasteiger charge is -2.05. The van der Waals surface area contributed by atoms with Crippen molar-refractivity contribution >= 4 is 0 Å². The van der Waals surface area contributed by atoms with Gasteiger partial charge in [0.05, 0.1) is 6.61 Å². The van der Waals surface area contributed by atoms with E-state index in [1.165, 1.54) is 0 Å². The van der Waals surface area contributed by atoms with Crippen molar-refractivity contribution in [1.82, 2.24) is 4.98 Å². The molecule has 2 aromatic rings. The van der Waals surface area contributed by atoms with Crippen LogP contribution in [0.1, 0.15) is 12.1 Å². The number of H-pyrrole nitrogens is 1. The zero-order valence-corrected chi connectivity index (χ0v) is 9.93. The first-order valence-corrected chi connectivity index (χ1v) is 5.84. The van der Waals surface area contributed by atoms with Gasteiger partial charge in [0.1, 0.15) is 11.5 Å². The molecule has 0 atom stereocenters. The standard InChI is InChI=1S/C14H15NO3/c16-12-9-11(15-14(17)10-12)5-4-8-18-13-6-2-1-3-7-13/h1-3,6-7,9-10H,4-5,8H2,(H2,15,16,17). The van der Waals surface area contributed by atoms with Crippen molar-refractivity contribution in [3.8, 4) is 11.5 Å². The molecule has 0 aliphatic heterocycles. The fraction of sp³-hybridized carbons (Fsp3) is 0.214. The molecular weight excluding hydrogens is 230 g/mol. The van der Waals surface area contributed by atoms with Gasteiger partial charge in [0.2, 0.25) is 0 Å². The second-order valence-electron chi connectivity index (χ2n) is 3.99. The minimum absolute atomic E-state index is 0.00210. The van der Waals surface area contributed by atoms with Gasteiger partial charge < -0.3 is 14.8 Å². The molecule has 1 aromatic carbocycles. The van der Waals surface area contributed by atoms with E-state index in [1.807, 2.05) is 30.3 Å². The summed E-state index contributed by atoms with van der Waals surface area (Å²) in [5.41, 5.74) is 0.436. The number of nitrogens with one attached hydrogen (secondary N) is 1. The Kier molecular flexibility index (Phi) is 4.02. The van der Waals surface area contributed by atoms with Gasteiger partial charge in [-0.2, -0.15) is 0 Å². The highest BCUT2D eigenvalue weighted by Crippen LogP contribution is 2.10. The number of pyridine rings is 1. The molecule has 0 spiro atoms. The first-order chi connectivity index (χ1) is 8.74. The first kappa shape index (κ1) is 12.2. The van der Waals surface area contributed by atoms with Gasteiger partial charge >= 0.3 is 0 Å². The SMILES string of the molecule is O=c1cc(O)cc(CCCOc2ccccc2)[nH]1. The highest BCUT2D eigenvalue weighted by molar-refractivity contribution is 5.21. The Hall–Kier alpha value is -2.23. The van der Waals surface area contributed by atoms with Crippen molar-refractivity contribution < 1.29 is 9.84 Å². The molecule has 0 aliphatic carbocycles. The molecule has 0 unspecified atom stereocenters. The van der Waals surface area contributed by atoms with Gasteiger partial charge in [-0.1, -0.05) is 18.2 Å². The molecule has 0 fully saturated rings. The lowest BCUT2D eigenvalue weighted by molar-refractivity contribution is 0.310. The molecular formula is C14H15NO3. The van der Waals surface area contributed by atoms with Gasteiger partial charge in [0.25, 0.3) is 5.56 Å². The van der Waals surface area contributed by atoms with Crippen LogP contribution < -0.4 is 10.3 Å². The summed E-state index contributed by atoms with van der Waals surface area (Å²) in [4.78, 5) is 13.8. The van der Waals surface area contributed by atoms with Crippen LogP contribution in [0.3, 0.4) is 0 Å². The van der Waals surface area contributed by atoms with E-state index in [1.54, 1.807) is 6.07 Å². The van der Waals surface area contributed by atoms with E-state index in [4.69, 9.17) is 4.74 Å². The summed E-state index contributed by atoms with van der Waals surface area (Å²) < 4.78 is 5.53. The summed E-state index contributed by atoms with van der Waals surface area (Å²) in [6.07, 6.45) is 1.44. The molecule has 0 saturated carbocycles. The molecule has 1 aromatic heterocycles. The van der Waals surface area contributed by atoms with Crippen LogP contribution >= 0.6 is 0 Å². The third-order valence-electron chi connectivity index (χ3n) is 2.49. The number of aromatic hydroxyl groups is 1. The number of aryl methyl sites for hydroxylation is 1. The number of aromatic amines is 1. The van der Waals surface area contributed by atoms with Crippen molar-refractivity contribution in [3.05, 3.63) is 58.5 Å². The summed E-state index contributed by atoms with van der Waals surface area (Å²) >= 11 is 0. The third kappa shape index (κ3) is 3.66. The van der Waals surface area contributed by atoms with Gasteiger partial charge in [0.15, 0.2) is 0 Å². The Morgan fingerprint density at radius 2 is 1.94 bits per heavy atom. The molecule has 0 saturated heterocycles.